The number of carbonyl (C=O) groups is 1. The van der Waals surface area contributed by atoms with Crippen molar-refractivity contribution in [1.82, 2.24) is 0 Å². The predicted molar refractivity (Wildman–Crippen MR) is 82.7 cm³/mol. The molecule has 0 aliphatic rings. The third kappa shape index (κ3) is 3.47. The van der Waals surface area contributed by atoms with E-state index in [4.69, 9.17) is 16.9 Å². The number of halogens is 1. The van der Waals surface area contributed by atoms with E-state index in [0.717, 1.165) is 10.4 Å². The fourth-order valence-corrected chi connectivity index (χ4v) is 2.53. The van der Waals surface area contributed by atoms with Gasteiger partial charge in [0.2, 0.25) is 0 Å². The van der Waals surface area contributed by atoms with Crippen LogP contribution < -0.4 is 5.32 Å². The predicted octanol–water partition coefficient (Wildman–Crippen LogP) is 4.26. The van der Waals surface area contributed by atoms with Gasteiger partial charge in [0.25, 0.3) is 5.91 Å². The van der Waals surface area contributed by atoms with E-state index in [1.165, 1.54) is 11.3 Å². The Hall–Kier alpha value is -2.09. The molecule has 1 aromatic heterocycles. The van der Waals surface area contributed by atoms with Gasteiger partial charge in [0.1, 0.15) is 11.6 Å². The van der Waals surface area contributed by atoms with Gasteiger partial charge in [0, 0.05) is 15.6 Å². The zero-order chi connectivity index (χ0) is 14.5. The summed E-state index contributed by atoms with van der Waals surface area (Å²) >= 11 is 7.27. The molecule has 0 fully saturated rings. The van der Waals surface area contributed by atoms with Gasteiger partial charge < -0.3 is 5.32 Å². The van der Waals surface area contributed by atoms with Crippen molar-refractivity contribution in [3.8, 4) is 6.07 Å². The normalized spacial score (nSPS) is 10.9. The lowest BCUT2D eigenvalue weighted by molar-refractivity contribution is -0.112. The lowest BCUT2D eigenvalue weighted by atomic mass is 10.2. The van der Waals surface area contributed by atoms with Crippen molar-refractivity contribution >= 4 is 40.6 Å². The van der Waals surface area contributed by atoms with Gasteiger partial charge in [-0.1, -0.05) is 11.6 Å². The number of nitrogens with zero attached hydrogens (tertiary/aromatic N) is 1. The third-order valence-electron chi connectivity index (χ3n) is 2.64. The molecule has 0 saturated carbocycles. The molecule has 0 radical (unpaired) electrons. The maximum absolute atomic E-state index is 12.0. The molecule has 3 nitrogen and oxygen atoms in total. The molecule has 20 heavy (non-hydrogen) atoms. The van der Waals surface area contributed by atoms with Crippen LogP contribution in [-0.4, -0.2) is 5.91 Å². The molecule has 0 bridgehead atoms. The smallest absolute Gasteiger partial charge is 0.266 e. The molecule has 0 unspecified atom stereocenters. The Balaban J connectivity index is 2.18. The first kappa shape index (κ1) is 14.3. The SMILES string of the molecule is Cc1ccsc1C=C(C#N)C(=O)Nc1ccc(Cl)cc1. The highest BCUT2D eigenvalue weighted by atomic mass is 35.5. The van der Waals surface area contributed by atoms with Crippen LogP contribution in [-0.2, 0) is 4.79 Å². The lowest BCUT2D eigenvalue weighted by Gasteiger charge is -2.04. The van der Waals surface area contributed by atoms with Gasteiger partial charge in [0.15, 0.2) is 0 Å². The van der Waals surface area contributed by atoms with Crippen molar-refractivity contribution in [3.63, 3.8) is 0 Å². The van der Waals surface area contributed by atoms with Crippen molar-refractivity contribution in [3.05, 3.63) is 56.7 Å². The Kier molecular flexibility index (Phi) is 4.57. The summed E-state index contributed by atoms with van der Waals surface area (Å²) in [5, 5.41) is 14.3. The van der Waals surface area contributed by atoms with Crippen molar-refractivity contribution in [2.75, 3.05) is 5.32 Å². The van der Waals surface area contributed by atoms with E-state index in [1.54, 1.807) is 30.3 Å². The number of amides is 1. The van der Waals surface area contributed by atoms with Crippen LogP contribution in [0.25, 0.3) is 6.08 Å². The number of carbonyl (C=O) groups excluding carboxylic acids is 1. The van der Waals surface area contributed by atoms with E-state index < -0.39 is 5.91 Å². The van der Waals surface area contributed by atoms with Crippen LogP contribution in [0.5, 0.6) is 0 Å². The topological polar surface area (TPSA) is 52.9 Å². The molecule has 0 atom stereocenters. The summed E-state index contributed by atoms with van der Waals surface area (Å²) in [5.74, 6) is -0.428. The highest BCUT2D eigenvalue weighted by molar-refractivity contribution is 7.11. The largest absolute Gasteiger partial charge is 0.321 e. The van der Waals surface area contributed by atoms with E-state index in [0.29, 0.717) is 10.7 Å². The van der Waals surface area contributed by atoms with Crippen molar-refractivity contribution < 1.29 is 4.79 Å². The molecule has 0 spiro atoms. The van der Waals surface area contributed by atoms with Crippen LogP contribution in [0.1, 0.15) is 10.4 Å². The first-order chi connectivity index (χ1) is 9.60. The Morgan fingerprint density at radius 1 is 1.35 bits per heavy atom. The summed E-state index contributed by atoms with van der Waals surface area (Å²) < 4.78 is 0. The summed E-state index contributed by atoms with van der Waals surface area (Å²) in [5.41, 5.74) is 1.72. The van der Waals surface area contributed by atoms with E-state index in [1.807, 2.05) is 24.4 Å². The number of aryl methyl sites for hydroxylation is 1. The first-order valence-corrected chi connectivity index (χ1v) is 7.08. The Morgan fingerprint density at radius 2 is 2.05 bits per heavy atom. The number of hydrogen-bond donors (Lipinski definition) is 1. The van der Waals surface area contributed by atoms with Gasteiger partial charge in [-0.25, -0.2) is 0 Å². The summed E-state index contributed by atoms with van der Waals surface area (Å²) in [6, 6.07) is 10.6. The molecule has 1 aromatic carbocycles. The highest BCUT2D eigenvalue weighted by Gasteiger charge is 2.10. The molecule has 1 heterocycles. The van der Waals surface area contributed by atoms with Gasteiger partial charge in [0.05, 0.1) is 0 Å². The molecule has 0 saturated heterocycles. The maximum Gasteiger partial charge on any atom is 0.266 e. The van der Waals surface area contributed by atoms with Crippen LogP contribution >= 0.6 is 22.9 Å². The highest BCUT2D eigenvalue weighted by Crippen LogP contribution is 2.20. The van der Waals surface area contributed by atoms with E-state index in [2.05, 4.69) is 5.32 Å². The van der Waals surface area contributed by atoms with E-state index in [-0.39, 0.29) is 5.57 Å². The minimum absolute atomic E-state index is 0.0745. The average Bonchev–Trinajstić information content (AvgIpc) is 2.84. The summed E-state index contributed by atoms with van der Waals surface area (Å²) in [6.07, 6.45) is 1.60. The Bertz CT molecular complexity index is 695. The minimum Gasteiger partial charge on any atom is -0.321 e. The molecule has 1 N–H and O–H groups in total. The molecular formula is C15H11ClN2OS. The van der Waals surface area contributed by atoms with Gasteiger partial charge in [-0.2, -0.15) is 5.26 Å². The number of hydrogen-bond acceptors (Lipinski definition) is 3. The van der Waals surface area contributed by atoms with Gasteiger partial charge in [-0.05, 0) is 54.3 Å². The molecule has 5 heteroatoms. The number of thiophene rings is 1. The van der Waals surface area contributed by atoms with E-state index >= 15 is 0 Å². The van der Waals surface area contributed by atoms with Crippen LogP contribution in [0.2, 0.25) is 5.02 Å². The van der Waals surface area contributed by atoms with Gasteiger partial charge in [-0.15, -0.1) is 11.3 Å². The number of anilines is 1. The number of nitrogens with one attached hydrogen (secondary N) is 1. The summed E-state index contributed by atoms with van der Waals surface area (Å²) in [6.45, 7) is 1.94. The summed E-state index contributed by atoms with van der Waals surface area (Å²) in [4.78, 5) is 12.9. The molecule has 100 valence electrons. The molecule has 0 aliphatic carbocycles. The second-order valence-corrected chi connectivity index (χ2v) is 5.48. The average molecular weight is 303 g/mol. The molecule has 2 rings (SSSR count). The molecule has 0 aliphatic heterocycles. The van der Waals surface area contributed by atoms with Crippen LogP contribution in [0.3, 0.4) is 0 Å². The Labute approximate surface area is 126 Å². The quantitative estimate of drug-likeness (QED) is 0.680. The van der Waals surface area contributed by atoms with E-state index in [9.17, 15) is 4.79 Å². The second-order valence-electron chi connectivity index (χ2n) is 4.10. The number of rotatable bonds is 3. The maximum atomic E-state index is 12.0. The zero-order valence-corrected chi connectivity index (χ0v) is 12.3. The minimum atomic E-state index is -0.428. The molecule has 2 aromatic rings. The molecular weight excluding hydrogens is 292 g/mol. The number of nitriles is 1. The first-order valence-electron chi connectivity index (χ1n) is 5.83. The van der Waals surface area contributed by atoms with Gasteiger partial charge in [-0.3, -0.25) is 4.79 Å². The van der Waals surface area contributed by atoms with Crippen molar-refractivity contribution in [2.45, 2.75) is 6.92 Å². The third-order valence-corrected chi connectivity index (χ3v) is 3.86. The second kappa shape index (κ2) is 6.38. The standard InChI is InChI=1S/C15H11ClN2OS/c1-10-6-7-20-14(10)8-11(9-17)15(19)18-13-4-2-12(16)3-5-13/h2-8H,1H3,(H,18,19). The zero-order valence-electron chi connectivity index (χ0n) is 10.7. The fraction of sp³-hybridized carbons (Fsp3) is 0.0667. The number of benzene rings is 1. The van der Waals surface area contributed by atoms with Crippen LogP contribution in [0, 0.1) is 18.3 Å². The van der Waals surface area contributed by atoms with Gasteiger partial charge >= 0.3 is 0 Å². The Morgan fingerprint density at radius 3 is 2.60 bits per heavy atom. The van der Waals surface area contributed by atoms with Crippen LogP contribution in [0.4, 0.5) is 5.69 Å². The monoisotopic (exact) mass is 302 g/mol. The van der Waals surface area contributed by atoms with Crippen LogP contribution in [0.15, 0.2) is 41.3 Å². The van der Waals surface area contributed by atoms with Crippen molar-refractivity contribution in [2.24, 2.45) is 0 Å². The summed E-state index contributed by atoms with van der Waals surface area (Å²) in [7, 11) is 0. The fourth-order valence-electron chi connectivity index (χ4n) is 1.54. The lowest BCUT2D eigenvalue weighted by Crippen LogP contribution is -2.13. The van der Waals surface area contributed by atoms with Crippen molar-refractivity contribution in [1.29, 1.82) is 5.26 Å². The molecule has 1 amide bonds.